The van der Waals surface area contributed by atoms with Gasteiger partial charge in [0.25, 0.3) is 0 Å². The molecular formula is C18H14ClF3N2O2. The van der Waals surface area contributed by atoms with Gasteiger partial charge in [-0.2, -0.15) is 13.2 Å². The van der Waals surface area contributed by atoms with E-state index >= 15 is 0 Å². The number of halogens is 4. The van der Waals surface area contributed by atoms with E-state index in [1.807, 2.05) is 0 Å². The lowest BCUT2D eigenvalue weighted by Gasteiger charge is -2.13. The van der Waals surface area contributed by atoms with Crippen LogP contribution < -0.4 is 0 Å². The quantitative estimate of drug-likeness (QED) is 0.712. The van der Waals surface area contributed by atoms with Gasteiger partial charge in [-0.15, -0.1) is 0 Å². The van der Waals surface area contributed by atoms with Crippen molar-refractivity contribution in [2.24, 2.45) is 0 Å². The van der Waals surface area contributed by atoms with Crippen molar-refractivity contribution < 1.29 is 23.1 Å². The van der Waals surface area contributed by atoms with Crippen LogP contribution in [-0.4, -0.2) is 20.6 Å². The Labute approximate surface area is 151 Å². The zero-order valence-corrected chi connectivity index (χ0v) is 14.4. The third-order valence-corrected chi connectivity index (χ3v) is 4.54. The number of alkyl halides is 3. The fourth-order valence-corrected chi connectivity index (χ4v) is 3.23. The third kappa shape index (κ3) is 3.39. The number of nitrogens with zero attached hydrogens (tertiary/aromatic N) is 2. The van der Waals surface area contributed by atoms with Crippen LogP contribution in [0.3, 0.4) is 0 Å². The molecule has 0 fully saturated rings. The van der Waals surface area contributed by atoms with Crippen molar-refractivity contribution in [2.75, 3.05) is 0 Å². The summed E-state index contributed by atoms with van der Waals surface area (Å²) in [5.41, 5.74) is 1.29. The number of rotatable bonds is 4. The van der Waals surface area contributed by atoms with Crippen molar-refractivity contribution in [3.63, 3.8) is 0 Å². The molecular weight excluding hydrogens is 369 g/mol. The van der Waals surface area contributed by atoms with E-state index in [4.69, 9.17) is 16.7 Å². The lowest BCUT2D eigenvalue weighted by atomic mass is 10.1. The zero-order chi connectivity index (χ0) is 19.1. The molecule has 3 rings (SSSR count). The van der Waals surface area contributed by atoms with E-state index in [-0.39, 0.29) is 18.0 Å². The van der Waals surface area contributed by atoms with Gasteiger partial charge >= 0.3 is 12.1 Å². The predicted octanol–water partition coefficient (Wildman–Crippen LogP) is 4.69. The SMILES string of the molecule is Cc1c(CC(=O)O)c2cccnc2n1Cc1ccc(Cl)c(C(F)(F)F)c1. The Hall–Kier alpha value is -2.54. The van der Waals surface area contributed by atoms with E-state index < -0.39 is 17.7 Å². The van der Waals surface area contributed by atoms with E-state index in [9.17, 15) is 18.0 Å². The summed E-state index contributed by atoms with van der Waals surface area (Å²) in [6, 6.07) is 7.19. The first-order valence-corrected chi connectivity index (χ1v) is 8.06. The second-order valence-electron chi connectivity index (χ2n) is 5.91. The Morgan fingerprint density at radius 1 is 1.31 bits per heavy atom. The van der Waals surface area contributed by atoms with Crippen LogP contribution in [0.4, 0.5) is 13.2 Å². The molecule has 3 aromatic rings. The molecule has 8 heteroatoms. The standard InChI is InChI=1S/C18H14ClF3N2O2/c1-10-13(8-16(25)26)12-3-2-6-23-17(12)24(10)9-11-4-5-15(19)14(7-11)18(20,21)22/h2-7H,8-9H2,1H3,(H,25,26). The molecule has 2 aromatic heterocycles. The summed E-state index contributed by atoms with van der Waals surface area (Å²) in [4.78, 5) is 15.4. The monoisotopic (exact) mass is 382 g/mol. The molecule has 26 heavy (non-hydrogen) atoms. The molecule has 1 aromatic carbocycles. The van der Waals surface area contributed by atoms with Gasteiger partial charge in [0.15, 0.2) is 0 Å². The highest BCUT2D eigenvalue weighted by atomic mass is 35.5. The van der Waals surface area contributed by atoms with Crippen molar-refractivity contribution in [1.82, 2.24) is 9.55 Å². The maximum atomic E-state index is 13.1. The smallest absolute Gasteiger partial charge is 0.417 e. The van der Waals surface area contributed by atoms with Crippen LogP contribution >= 0.6 is 11.6 Å². The fraction of sp³-hybridized carbons (Fsp3) is 0.222. The van der Waals surface area contributed by atoms with Gasteiger partial charge in [-0.1, -0.05) is 17.7 Å². The topological polar surface area (TPSA) is 55.1 Å². The maximum Gasteiger partial charge on any atom is 0.417 e. The van der Waals surface area contributed by atoms with E-state index in [1.54, 1.807) is 29.8 Å². The number of hydrogen-bond donors (Lipinski definition) is 1. The number of carboxylic acid groups (broad SMARTS) is 1. The number of pyridine rings is 1. The molecule has 0 saturated carbocycles. The Balaban J connectivity index is 2.10. The van der Waals surface area contributed by atoms with Crippen LogP contribution in [0.15, 0.2) is 36.5 Å². The molecule has 0 amide bonds. The minimum absolute atomic E-state index is 0.124. The number of fused-ring (bicyclic) bond motifs is 1. The van der Waals surface area contributed by atoms with Crippen molar-refractivity contribution in [2.45, 2.75) is 26.1 Å². The van der Waals surface area contributed by atoms with Gasteiger partial charge in [-0.05, 0) is 42.3 Å². The number of benzene rings is 1. The van der Waals surface area contributed by atoms with Crippen LogP contribution in [0.1, 0.15) is 22.4 Å². The van der Waals surface area contributed by atoms with Crippen LogP contribution in [0.5, 0.6) is 0 Å². The molecule has 2 heterocycles. The van der Waals surface area contributed by atoms with Gasteiger partial charge in [0.05, 0.1) is 17.0 Å². The molecule has 0 saturated heterocycles. The molecule has 136 valence electrons. The predicted molar refractivity (Wildman–Crippen MR) is 91.4 cm³/mol. The summed E-state index contributed by atoms with van der Waals surface area (Å²) in [5, 5.41) is 9.45. The van der Waals surface area contributed by atoms with E-state index in [0.717, 1.165) is 6.07 Å². The van der Waals surface area contributed by atoms with E-state index in [2.05, 4.69) is 4.98 Å². The number of carboxylic acids is 1. The normalized spacial score (nSPS) is 11.9. The minimum atomic E-state index is -4.55. The lowest BCUT2D eigenvalue weighted by Crippen LogP contribution is -2.09. The van der Waals surface area contributed by atoms with Crippen molar-refractivity contribution in [3.05, 3.63) is 63.9 Å². The Morgan fingerprint density at radius 2 is 2.04 bits per heavy atom. The second-order valence-corrected chi connectivity index (χ2v) is 6.31. The van der Waals surface area contributed by atoms with Gasteiger partial charge in [-0.25, -0.2) is 4.98 Å². The molecule has 0 aliphatic rings. The van der Waals surface area contributed by atoms with Crippen LogP contribution in [0.25, 0.3) is 11.0 Å². The summed E-state index contributed by atoms with van der Waals surface area (Å²) >= 11 is 5.67. The molecule has 0 atom stereocenters. The Bertz CT molecular complexity index is 996. The first-order chi connectivity index (χ1) is 12.2. The molecule has 1 N–H and O–H groups in total. The summed E-state index contributed by atoms with van der Waals surface area (Å²) in [7, 11) is 0. The minimum Gasteiger partial charge on any atom is -0.481 e. The summed E-state index contributed by atoms with van der Waals surface area (Å²) in [6.45, 7) is 1.86. The average Bonchev–Trinajstić information content (AvgIpc) is 2.81. The number of hydrogen-bond acceptors (Lipinski definition) is 2. The molecule has 0 unspecified atom stereocenters. The van der Waals surface area contributed by atoms with Crippen molar-refractivity contribution in [3.8, 4) is 0 Å². The van der Waals surface area contributed by atoms with Crippen LogP contribution in [-0.2, 0) is 23.9 Å². The first kappa shape index (κ1) is 18.3. The second kappa shape index (κ2) is 6.64. The number of aromatic nitrogens is 2. The molecule has 0 bridgehead atoms. The average molecular weight is 383 g/mol. The maximum absolute atomic E-state index is 13.1. The van der Waals surface area contributed by atoms with Gasteiger partial charge < -0.3 is 9.67 Å². The highest BCUT2D eigenvalue weighted by molar-refractivity contribution is 6.31. The molecule has 0 radical (unpaired) electrons. The largest absolute Gasteiger partial charge is 0.481 e. The summed E-state index contributed by atoms with van der Waals surface area (Å²) < 4.78 is 41.0. The van der Waals surface area contributed by atoms with Gasteiger partial charge in [0.1, 0.15) is 5.65 Å². The van der Waals surface area contributed by atoms with Crippen molar-refractivity contribution >= 4 is 28.6 Å². The molecule has 4 nitrogen and oxygen atoms in total. The van der Waals surface area contributed by atoms with Gasteiger partial charge in [0, 0.05) is 23.8 Å². The van der Waals surface area contributed by atoms with Crippen LogP contribution in [0, 0.1) is 6.92 Å². The van der Waals surface area contributed by atoms with Gasteiger partial charge in [0.2, 0.25) is 0 Å². The first-order valence-electron chi connectivity index (χ1n) is 7.68. The van der Waals surface area contributed by atoms with Crippen molar-refractivity contribution in [1.29, 1.82) is 0 Å². The molecule has 0 aliphatic carbocycles. The third-order valence-electron chi connectivity index (χ3n) is 4.21. The van der Waals surface area contributed by atoms with E-state index in [1.165, 1.54) is 12.1 Å². The Morgan fingerprint density at radius 3 is 2.69 bits per heavy atom. The Kier molecular flexibility index (Phi) is 4.66. The summed E-state index contributed by atoms with van der Waals surface area (Å²) in [5.74, 6) is -0.984. The zero-order valence-electron chi connectivity index (χ0n) is 13.6. The molecule has 0 aliphatic heterocycles. The number of aliphatic carboxylic acids is 1. The highest BCUT2D eigenvalue weighted by Crippen LogP contribution is 2.35. The van der Waals surface area contributed by atoms with Gasteiger partial charge in [-0.3, -0.25) is 4.79 Å². The summed E-state index contributed by atoms with van der Waals surface area (Å²) in [6.07, 6.45) is -3.17. The highest BCUT2D eigenvalue weighted by Gasteiger charge is 2.33. The molecule has 0 spiro atoms. The van der Waals surface area contributed by atoms with Crippen LogP contribution in [0.2, 0.25) is 5.02 Å². The van der Waals surface area contributed by atoms with E-state index in [0.29, 0.717) is 27.9 Å². The fourth-order valence-electron chi connectivity index (χ4n) is 3.00. The number of carbonyl (C=O) groups is 1. The lowest BCUT2D eigenvalue weighted by molar-refractivity contribution is -0.138.